The summed E-state index contributed by atoms with van der Waals surface area (Å²) in [5.74, 6) is 0.775. The average Bonchev–Trinajstić information content (AvgIpc) is 2.89. The van der Waals surface area contributed by atoms with Crippen LogP contribution >= 0.6 is 11.6 Å². The Morgan fingerprint density at radius 3 is 2.17 bits per heavy atom. The van der Waals surface area contributed by atoms with Crippen LogP contribution in [0.2, 0.25) is 5.02 Å². The van der Waals surface area contributed by atoms with Gasteiger partial charge in [-0.2, -0.15) is 0 Å². The maximum absolute atomic E-state index is 13.6. The van der Waals surface area contributed by atoms with Gasteiger partial charge in [0.15, 0.2) is 4.91 Å². The minimum absolute atomic E-state index is 0.0622. The van der Waals surface area contributed by atoms with E-state index in [-0.39, 0.29) is 11.4 Å². The van der Waals surface area contributed by atoms with E-state index in [1.54, 1.807) is 72.8 Å². The summed E-state index contributed by atoms with van der Waals surface area (Å²) in [7, 11) is -4.13. The first-order valence-corrected chi connectivity index (χ1v) is 12.9. The maximum atomic E-state index is 13.6. The molecule has 36 heavy (non-hydrogen) atoms. The fourth-order valence-electron chi connectivity index (χ4n) is 3.84. The maximum Gasteiger partial charge on any atom is 0.270 e. The highest BCUT2D eigenvalue weighted by Gasteiger charge is 2.40. The Morgan fingerprint density at radius 1 is 0.806 bits per heavy atom. The molecular weight excluding hydrogens is 496 g/mol. The number of ketones is 1. The van der Waals surface area contributed by atoms with Crippen molar-refractivity contribution in [1.82, 2.24) is 0 Å². The van der Waals surface area contributed by atoms with Gasteiger partial charge in [-0.05, 0) is 66.2 Å². The van der Waals surface area contributed by atoms with Gasteiger partial charge in [0.05, 0.1) is 12.2 Å². The number of sulfonamides is 1. The number of hydrogen-bond acceptors (Lipinski definition) is 5. The third-order valence-corrected chi connectivity index (χ3v) is 7.67. The number of halogens is 1. The summed E-state index contributed by atoms with van der Waals surface area (Å²) in [6, 6.07) is 30.0. The lowest BCUT2D eigenvalue weighted by Gasteiger charge is -2.31. The molecule has 6 nitrogen and oxygen atoms in total. The van der Waals surface area contributed by atoms with Crippen molar-refractivity contribution in [2.24, 2.45) is 0 Å². The Bertz CT molecular complexity index is 1540. The second-order valence-corrected chi connectivity index (χ2v) is 10.3. The van der Waals surface area contributed by atoms with E-state index >= 15 is 0 Å². The molecule has 0 amide bonds. The second-order valence-electron chi connectivity index (χ2n) is 8.08. The van der Waals surface area contributed by atoms with E-state index in [1.807, 2.05) is 30.3 Å². The molecule has 1 heterocycles. The zero-order valence-corrected chi connectivity index (χ0v) is 20.5. The van der Waals surface area contributed by atoms with E-state index < -0.39 is 15.8 Å². The molecule has 1 aliphatic heterocycles. The first-order chi connectivity index (χ1) is 17.4. The second kappa shape index (κ2) is 9.89. The Labute approximate surface area is 214 Å². The molecule has 0 radical (unpaired) electrons. The summed E-state index contributed by atoms with van der Waals surface area (Å²) < 4.78 is 34.2. The Kier molecular flexibility index (Phi) is 6.50. The van der Waals surface area contributed by atoms with Crippen LogP contribution in [-0.4, -0.2) is 14.2 Å². The molecule has 0 spiro atoms. The van der Waals surface area contributed by atoms with Gasteiger partial charge < -0.3 is 10.1 Å². The first kappa shape index (κ1) is 23.7. The summed E-state index contributed by atoms with van der Waals surface area (Å²) in [6.07, 6.45) is 1.25. The molecule has 1 N–H and O–H groups in total. The van der Waals surface area contributed by atoms with E-state index in [1.165, 1.54) is 10.5 Å². The fraction of sp³-hybridized carbons (Fsp3) is 0.0357. The topological polar surface area (TPSA) is 75.7 Å². The molecule has 0 atom stereocenters. The normalized spacial score (nSPS) is 15.4. The minimum atomic E-state index is -4.13. The van der Waals surface area contributed by atoms with E-state index in [0.29, 0.717) is 33.5 Å². The van der Waals surface area contributed by atoms with Crippen molar-refractivity contribution in [1.29, 1.82) is 0 Å². The van der Waals surface area contributed by atoms with Crippen LogP contribution in [0.3, 0.4) is 0 Å². The average molecular weight is 517 g/mol. The van der Waals surface area contributed by atoms with Crippen molar-refractivity contribution in [3.63, 3.8) is 0 Å². The Balaban J connectivity index is 1.42. The van der Waals surface area contributed by atoms with Crippen molar-refractivity contribution in [2.75, 3.05) is 9.62 Å². The predicted octanol–water partition coefficient (Wildman–Crippen LogP) is 6.62. The largest absolute Gasteiger partial charge is 0.457 e. The molecule has 0 aromatic heterocycles. The number of carbonyl (C=O) groups excluding carboxylic acids is 1. The number of carbonyl (C=O) groups is 1. The third-order valence-electron chi connectivity index (χ3n) is 5.65. The molecule has 0 fully saturated rings. The SMILES string of the molecule is O=C1/C(=C\Nc2ccc(Oc3ccccc3)cc2)S(=O)(=O)N(Cc2ccc(Cl)cc2)c2ccccc21. The molecule has 0 saturated heterocycles. The van der Waals surface area contributed by atoms with Gasteiger partial charge in [0.2, 0.25) is 5.78 Å². The lowest BCUT2D eigenvalue weighted by atomic mass is 10.1. The number of allylic oxidation sites excluding steroid dienone is 1. The lowest BCUT2D eigenvalue weighted by Crippen LogP contribution is -2.39. The van der Waals surface area contributed by atoms with Crippen LogP contribution in [0.1, 0.15) is 15.9 Å². The number of nitrogens with zero attached hydrogens (tertiary/aromatic N) is 1. The zero-order chi connectivity index (χ0) is 25.1. The van der Waals surface area contributed by atoms with Gasteiger partial charge in [-0.1, -0.05) is 54.1 Å². The molecule has 5 rings (SSSR count). The van der Waals surface area contributed by atoms with Crippen LogP contribution in [0.25, 0.3) is 0 Å². The van der Waals surface area contributed by atoms with Crippen LogP contribution in [0, 0.1) is 0 Å². The summed E-state index contributed by atoms with van der Waals surface area (Å²) in [6.45, 7) is 0.0622. The Morgan fingerprint density at radius 2 is 1.44 bits per heavy atom. The van der Waals surface area contributed by atoms with E-state index in [0.717, 1.165) is 5.56 Å². The minimum Gasteiger partial charge on any atom is -0.457 e. The van der Waals surface area contributed by atoms with Crippen molar-refractivity contribution in [3.8, 4) is 11.5 Å². The quantitative estimate of drug-likeness (QED) is 0.291. The summed E-state index contributed by atoms with van der Waals surface area (Å²) in [5.41, 5.74) is 2.01. The molecule has 0 unspecified atom stereocenters. The highest BCUT2D eigenvalue weighted by atomic mass is 35.5. The molecule has 180 valence electrons. The molecule has 0 saturated carbocycles. The van der Waals surface area contributed by atoms with Gasteiger partial charge in [0.1, 0.15) is 11.5 Å². The molecule has 4 aromatic carbocycles. The van der Waals surface area contributed by atoms with Crippen molar-refractivity contribution >= 4 is 38.8 Å². The van der Waals surface area contributed by atoms with E-state index in [4.69, 9.17) is 16.3 Å². The predicted molar refractivity (Wildman–Crippen MR) is 142 cm³/mol. The highest BCUT2D eigenvalue weighted by molar-refractivity contribution is 7.97. The number of anilines is 2. The number of para-hydroxylation sites is 2. The van der Waals surface area contributed by atoms with Crippen molar-refractivity contribution in [2.45, 2.75) is 6.54 Å². The third kappa shape index (κ3) is 4.84. The number of ether oxygens (including phenoxy) is 1. The smallest absolute Gasteiger partial charge is 0.270 e. The molecule has 0 bridgehead atoms. The number of Topliss-reactive ketones (excluding diaryl/α,β-unsaturated/α-hetero) is 1. The standard InChI is InChI=1S/C28H21ClN2O4S/c29-21-12-10-20(11-13-21)19-31-26-9-5-4-8-25(26)28(32)27(36(31,33)34)18-30-22-14-16-24(17-15-22)35-23-6-2-1-3-7-23/h1-18,30H,19H2/b27-18+. The number of hydrogen-bond donors (Lipinski definition) is 1. The van der Waals surface area contributed by atoms with Crippen LogP contribution in [0.4, 0.5) is 11.4 Å². The van der Waals surface area contributed by atoms with Crippen LogP contribution in [0.5, 0.6) is 11.5 Å². The zero-order valence-electron chi connectivity index (χ0n) is 19.0. The molecular formula is C28H21ClN2O4S. The van der Waals surface area contributed by atoms with Gasteiger partial charge in [0, 0.05) is 22.5 Å². The van der Waals surface area contributed by atoms with Gasteiger partial charge in [0.25, 0.3) is 10.0 Å². The Hall–Kier alpha value is -4.07. The van der Waals surface area contributed by atoms with Crippen molar-refractivity contribution < 1.29 is 17.9 Å². The number of fused-ring (bicyclic) bond motifs is 1. The fourth-order valence-corrected chi connectivity index (χ4v) is 5.49. The van der Waals surface area contributed by atoms with Gasteiger partial charge >= 0.3 is 0 Å². The first-order valence-electron chi connectivity index (χ1n) is 11.1. The van der Waals surface area contributed by atoms with Gasteiger partial charge in [-0.15, -0.1) is 0 Å². The summed E-state index contributed by atoms with van der Waals surface area (Å²) in [5, 5.41) is 3.51. The summed E-state index contributed by atoms with van der Waals surface area (Å²) in [4.78, 5) is 12.9. The van der Waals surface area contributed by atoms with Crippen molar-refractivity contribution in [3.05, 3.63) is 130 Å². The van der Waals surface area contributed by atoms with Crippen LogP contribution in [0.15, 0.2) is 114 Å². The molecule has 4 aromatic rings. The van der Waals surface area contributed by atoms with E-state index in [9.17, 15) is 13.2 Å². The lowest BCUT2D eigenvalue weighted by molar-refractivity contribution is 0.104. The van der Waals surface area contributed by atoms with E-state index in [2.05, 4.69) is 5.32 Å². The van der Waals surface area contributed by atoms with Gasteiger partial charge in [-0.3, -0.25) is 9.10 Å². The van der Waals surface area contributed by atoms with Crippen LogP contribution in [-0.2, 0) is 16.6 Å². The molecule has 8 heteroatoms. The highest BCUT2D eigenvalue weighted by Crippen LogP contribution is 2.36. The number of nitrogens with one attached hydrogen (secondary N) is 1. The summed E-state index contributed by atoms with van der Waals surface area (Å²) >= 11 is 5.98. The molecule has 1 aliphatic rings. The number of rotatable bonds is 6. The van der Waals surface area contributed by atoms with Gasteiger partial charge in [-0.25, -0.2) is 8.42 Å². The van der Waals surface area contributed by atoms with Crippen LogP contribution < -0.4 is 14.4 Å². The monoisotopic (exact) mass is 516 g/mol. The molecule has 0 aliphatic carbocycles. The number of benzene rings is 4.